The second-order valence-electron chi connectivity index (χ2n) is 10.9. The van der Waals surface area contributed by atoms with Gasteiger partial charge in [0.1, 0.15) is 5.75 Å². The zero-order valence-corrected chi connectivity index (χ0v) is 23.7. The normalized spacial score (nSPS) is 19.5. The number of amides is 2. The number of aryl methyl sites for hydroxylation is 1. The molecule has 0 spiro atoms. The Kier molecular flexibility index (Phi) is 8.33. The molecule has 9 nitrogen and oxygen atoms in total. The minimum Gasteiger partial charge on any atom is -0.494 e. The van der Waals surface area contributed by atoms with Gasteiger partial charge in [0, 0.05) is 42.5 Å². The summed E-state index contributed by atoms with van der Waals surface area (Å²) in [4.78, 5) is 24.2. The third kappa shape index (κ3) is 6.32. The SMILES string of the molecule is Cc1ccc(C2=NN(CCCCCOc3ccc(C4=NNC(=O)CC4C)cc3)C(=O)CC2C)c2cc(C(F)(F)F)nn12. The van der Waals surface area contributed by atoms with Crippen LogP contribution in [-0.4, -0.2) is 51.0 Å². The summed E-state index contributed by atoms with van der Waals surface area (Å²) in [5.41, 5.74) is 5.37. The molecule has 2 amide bonds. The van der Waals surface area contributed by atoms with Crippen molar-refractivity contribution < 1.29 is 27.5 Å². The average molecular weight is 583 g/mol. The summed E-state index contributed by atoms with van der Waals surface area (Å²) >= 11 is 0. The summed E-state index contributed by atoms with van der Waals surface area (Å²) in [6.45, 7) is 6.45. The number of fused-ring (bicyclic) bond motifs is 1. The van der Waals surface area contributed by atoms with E-state index in [0.29, 0.717) is 48.5 Å². The smallest absolute Gasteiger partial charge is 0.435 e. The molecule has 1 aromatic carbocycles. The van der Waals surface area contributed by atoms with E-state index in [-0.39, 0.29) is 30.1 Å². The van der Waals surface area contributed by atoms with E-state index in [9.17, 15) is 22.8 Å². The van der Waals surface area contributed by atoms with Crippen LogP contribution in [0.5, 0.6) is 5.75 Å². The quantitative estimate of drug-likeness (QED) is 0.344. The summed E-state index contributed by atoms with van der Waals surface area (Å²) in [5, 5.41) is 14.0. The van der Waals surface area contributed by atoms with Crippen LogP contribution in [0.2, 0.25) is 0 Å². The molecule has 222 valence electrons. The number of nitrogens with one attached hydrogen (secondary N) is 1. The fourth-order valence-electron chi connectivity index (χ4n) is 5.25. The molecule has 2 aromatic heterocycles. The van der Waals surface area contributed by atoms with E-state index in [1.165, 1.54) is 9.52 Å². The molecule has 2 aliphatic heterocycles. The van der Waals surface area contributed by atoms with Gasteiger partial charge in [0.2, 0.25) is 11.8 Å². The van der Waals surface area contributed by atoms with Gasteiger partial charge in [0.15, 0.2) is 5.69 Å². The summed E-state index contributed by atoms with van der Waals surface area (Å²) in [7, 11) is 0. The van der Waals surface area contributed by atoms with E-state index in [2.05, 4.69) is 20.7 Å². The van der Waals surface area contributed by atoms with Gasteiger partial charge in [-0.25, -0.2) is 15.0 Å². The van der Waals surface area contributed by atoms with Crippen molar-refractivity contribution >= 4 is 28.8 Å². The number of carbonyl (C=O) groups excluding carboxylic acids is 2. The van der Waals surface area contributed by atoms with Crippen molar-refractivity contribution in [2.75, 3.05) is 13.2 Å². The first-order chi connectivity index (χ1) is 20.0. The van der Waals surface area contributed by atoms with E-state index < -0.39 is 11.9 Å². The van der Waals surface area contributed by atoms with E-state index in [4.69, 9.17) is 4.74 Å². The van der Waals surface area contributed by atoms with Crippen molar-refractivity contribution in [3.63, 3.8) is 0 Å². The van der Waals surface area contributed by atoms with E-state index >= 15 is 0 Å². The number of hydrazone groups is 2. The Labute approximate surface area is 241 Å². The van der Waals surface area contributed by atoms with Gasteiger partial charge in [-0.2, -0.15) is 28.5 Å². The van der Waals surface area contributed by atoms with Crippen LogP contribution in [0.25, 0.3) is 5.52 Å². The molecule has 5 rings (SSSR count). The first-order valence-electron chi connectivity index (χ1n) is 14.1. The van der Waals surface area contributed by atoms with Crippen LogP contribution in [0.4, 0.5) is 13.2 Å². The lowest BCUT2D eigenvalue weighted by Crippen LogP contribution is -2.37. The number of carbonyl (C=O) groups is 2. The number of ether oxygens (including phenoxy) is 1. The highest BCUT2D eigenvalue weighted by Crippen LogP contribution is 2.32. The van der Waals surface area contributed by atoms with Crippen LogP contribution >= 0.6 is 0 Å². The molecule has 0 saturated heterocycles. The van der Waals surface area contributed by atoms with Gasteiger partial charge >= 0.3 is 6.18 Å². The molecular formula is C30H33F3N6O3. The number of nitrogens with zero attached hydrogens (tertiary/aromatic N) is 5. The van der Waals surface area contributed by atoms with Crippen molar-refractivity contribution in [1.29, 1.82) is 0 Å². The monoisotopic (exact) mass is 582 g/mol. The predicted octanol–water partition coefficient (Wildman–Crippen LogP) is 5.34. The maximum absolute atomic E-state index is 13.4. The number of hydrogen-bond acceptors (Lipinski definition) is 6. The fraction of sp³-hybridized carbons (Fsp3) is 0.433. The standard InChI is InChI=1S/C30H33F3N6O3/c1-18-15-26(40)34-35-28(18)21-8-10-22(11-9-21)42-14-6-4-5-13-38-27(41)16-19(2)29(37-38)23-12-7-20(3)39-24(23)17-25(36-39)30(31,32)33/h7-12,17-19H,4-6,13-16H2,1-3H3,(H,34,40). The number of pyridine rings is 1. The van der Waals surface area contributed by atoms with Crippen LogP contribution in [-0.2, 0) is 15.8 Å². The lowest BCUT2D eigenvalue weighted by Gasteiger charge is -2.28. The molecule has 2 unspecified atom stereocenters. The Morgan fingerprint density at radius 3 is 2.43 bits per heavy atom. The van der Waals surface area contributed by atoms with Crippen molar-refractivity contribution in [3.8, 4) is 5.75 Å². The number of unbranched alkanes of at least 4 members (excludes halogenated alkanes) is 2. The number of halogens is 3. The number of benzene rings is 1. The van der Waals surface area contributed by atoms with Crippen molar-refractivity contribution in [3.05, 3.63) is 65.0 Å². The minimum atomic E-state index is -4.56. The van der Waals surface area contributed by atoms with Gasteiger partial charge in [-0.15, -0.1) is 0 Å². The number of hydrogen-bond donors (Lipinski definition) is 1. The first-order valence-corrected chi connectivity index (χ1v) is 14.1. The second kappa shape index (κ2) is 11.9. The summed E-state index contributed by atoms with van der Waals surface area (Å²) < 4.78 is 47.3. The molecule has 2 aliphatic rings. The van der Waals surface area contributed by atoms with Crippen LogP contribution < -0.4 is 10.2 Å². The molecule has 0 fully saturated rings. The molecular weight excluding hydrogens is 549 g/mol. The Balaban J connectivity index is 1.16. The zero-order valence-electron chi connectivity index (χ0n) is 23.7. The largest absolute Gasteiger partial charge is 0.494 e. The molecule has 0 radical (unpaired) electrons. The summed E-state index contributed by atoms with van der Waals surface area (Å²) in [6, 6.07) is 12.1. The third-order valence-electron chi connectivity index (χ3n) is 7.53. The summed E-state index contributed by atoms with van der Waals surface area (Å²) in [6.07, 6.45) is -1.63. The Hall–Kier alpha value is -4.22. The number of alkyl halides is 3. The van der Waals surface area contributed by atoms with Gasteiger partial charge in [-0.05, 0) is 74.2 Å². The Bertz CT molecular complexity index is 1540. The topological polar surface area (TPSA) is 101 Å². The van der Waals surface area contributed by atoms with E-state index in [1.807, 2.05) is 38.1 Å². The van der Waals surface area contributed by atoms with Gasteiger partial charge in [0.25, 0.3) is 0 Å². The van der Waals surface area contributed by atoms with Gasteiger partial charge in [0.05, 0.1) is 23.5 Å². The average Bonchev–Trinajstić information content (AvgIpc) is 3.40. The molecule has 0 saturated carbocycles. The molecule has 0 aliphatic carbocycles. The van der Waals surface area contributed by atoms with Crippen LogP contribution in [0.1, 0.15) is 68.5 Å². The summed E-state index contributed by atoms with van der Waals surface area (Å²) in [5.74, 6) is 0.359. The number of aromatic nitrogens is 2. The van der Waals surface area contributed by atoms with Gasteiger partial charge in [-0.3, -0.25) is 9.59 Å². The first kappa shape index (κ1) is 29.3. The van der Waals surface area contributed by atoms with Crippen molar-refractivity contribution in [1.82, 2.24) is 20.0 Å². The maximum atomic E-state index is 13.4. The van der Waals surface area contributed by atoms with E-state index in [1.54, 1.807) is 19.1 Å². The predicted molar refractivity (Wildman–Crippen MR) is 151 cm³/mol. The van der Waals surface area contributed by atoms with Gasteiger partial charge < -0.3 is 4.74 Å². The van der Waals surface area contributed by atoms with Crippen molar-refractivity contribution in [2.24, 2.45) is 22.0 Å². The highest BCUT2D eigenvalue weighted by Gasteiger charge is 2.35. The highest BCUT2D eigenvalue weighted by atomic mass is 19.4. The Morgan fingerprint density at radius 2 is 1.71 bits per heavy atom. The second-order valence-corrected chi connectivity index (χ2v) is 10.9. The Morgan fingerprint density at radius 1 is 0.976 bits per heavy atom. The highest BCUT2D eigenvalue weighted by molar-refractivity contribution is 6.10. The van der Waals surface area contributed by atoms with Crippen LogP contribution in [0, 0.1) is 18.8 Å². The minimum absolute atomic E-state index is 0.0482. The lowest BCUT2D eigenvalue weighted by atomic mass is 9.93. The molecule has 2 atom stereocenters. The molecule has 12 heteroatoms. The molecule has 42 heavy (non-hydrogen) atoms. The fourth-order valence-corrected chi connectivity index (χ4v) is 5.25. The molecule has 3 aromatic rings. The lowest BCUT2D eigenvalue weighted by molar-refractivity contribution is -0.141. The van der Waals surface area contributed by atoms with Crippen LogP contribution in [0.15, 0.2) is 52.7 Å². The van der Waals surface area contributed by atoms with Crippen LogP contribution in [0.3, 0.4) is 0 Å². The van der Waals surface area contributed by atoms with E-state index in [0.717, 1.165) is 35.9 Å². The number of rotatable bonds is 9. The molecule has 1 N–H and O–H groups in total. The molecule has 0 bridgehead atoms. The third-order valence-corrected chi connectivity index (χ3v) is 7.53. The molecule has 4 heterocycles. The van der Waals surface area contributed by atoms with Gasteiger partial charge in [-0.1, -0.05) is 13.8 Å². The maximum Gasteiger partial charge on any atom is 0.435 e. The van der Waals surface area contributed by atoms with Crippen molar-refractivity contribution in [2.45, 2.75) is 59.1 Å². The zero-order chi connectivity index (χ0) is 30.0.